The third-order valence-electron chi connectivity index (χ3n) is 6.66. The molecule has 2 aromatic heterocycles. The lowest BCUT2D eigenvalue weighted by Gasteiger charge is -2.39. The second kappa shape index (κ2) is 6.58. The van der Waals surface area contributed by atoms with Crippen LogP contribution in [-0.2, 0) is 0 Å². The van der Waals surface area contributed by atoms with Crippen LogP contribution in [0.15, 0.2) is 42.7 Å². The minimum absolute atomic E-state index is 0.163. The maximum Gasteiger partial charge on any atom is 0.233 e. The maximum atomic E-state index is 10.5. The summed E-state index contributed by atoms with van der Waals surface area (Å²) in [7, 11) is 0. The molecule has 2 N–H and O–H groups in total. The maximum absolute atomic E-state index is 10.5. The lowest BCUT2D eigenvalue weighted by molar-refractivity contribution is 0.0401. The fraction of sp³-hybridized carbons (Fsp3) is 0.435. The number of aromatic amines is 1. The first-order chi connectivity index (χ1) is 13.9. The van der Waals surface area contributed by atoms with Crippen molar-refractivity contribution in [2.45, 2.75) is 52.1 Å². The minimum atomic E-state index is 0.163. The Bertz CT molecular complexity index is 1000. The first-order valence-electron chi connectivity index (χ1n) is 10.2. The molecule has 2 bridgehead atoms. The summed E-state index contributed by atoms with van der Waals surface area (Å²) < 4.78 is 6.21. The Balaban J connectivity index is 1.32. The molecule has 1 aromatic carbocycles. The Labute approximate surface area is 170 Å². The fourth-order valence-electron chi connectivity index (χ4n) is 5.45. The second-order valence-corrected chi connectivity index (χ2v) is 9.42. The Kier molecular flexibility index (Phi) is 4.12. The second-order valence-electron chi connectivity index (χ2n) is 9.42. The third-order valence-corrected chi connectivity index (χ3v) is 6.66. The lowest BCUT2D eigenvalue weighted by atomic mass is 9.69. The molecular weight excluding hydrogens is 364 g/mol. The number of rotatable bonds is 4. The number of phenolic OH excluding ortho intramolecular Hbond substituents is 1. The molecule has 2 aliphatic carbocycles. The predicted molar refractivity (Wildman–Crippen MR) is 110 cm³/mol. The molecule has 2 aliphatic rings. The molecule has 5 rings (SSSR count). The zero-order valence-electron chi connectivity index (χ0n) is 16.9. The van der Waals surface area contributed by atoms with E-state index in [0.29, 0.717) is 28.0 Å². The molecule has 6 heteroatoms. The Morgan fingerprint density at radius 3 is 2.45 bits per heavy atom. The first kappa shape index (κ1) is 18.2. The van der Waals surface area contributed by atoms with Crippen LogP contribution in [0.5, 0.6) is 11.6 Å². The van der Waals surface area contributed by atoms with Gasteiger partial charge in [-0.15, -0.1) is 10.2 Å². The largest absolute Gasteiger partial charge is 0.507 e. The van der Waals surface area contributed by atoms with Gasteiger partial charge in [0.25, 0.3) is 0 Å². The van der Waals surface area contributed by atoms with Gasteiger partial charge in [0.2, 0.25) is 5.88 Å². The van der Waals surface area contributed by atoms with E-state index >= 15 is 0 Å². The average molecular weight is 390 g/mol. The topological polar surface area (TPSA) is 83.9 Å². The summed E-state index contributed by atoms with van der Waals surface area (Å²) in [5.41, 5.74) is 3.87. The van der Waals surface area contributed by atoms with Gasteiger partial charge >= 0.3 is 0 Å². The van der Waals surface area contributed by atoms with Crippen LogP contribution >= 0.6 is 0 Å². The highest BCUT2D eigenvalue weighted by atomic mass is 16.5. The number of nitrogens with one attached hydrogen (secondary N) is 1. The molecule has 0 amide bonds. The van der Waals surface area contributed by atoms with E-state index in [-0.39, 0.29) is 11.9 Å². The number of hydrogen-bond donors (Lipinski definition) is 2. The molecule has 3 atom stereocenters. The highest BCUT2D eigenvalue weighted by Gasteiger charge is 2.49. The van der Waals surface area contributed by atoms with E-state index in [9.17, 15) is 5.11 Å². The fourth-order valence-corrected chi connectivity index (χ4v) is 5.45. The summed E-state index contributed by atoms with van der Waals surface area (Å²) in [4.78, 5) is 0. The molecule has 2 heterocycles. The number of nitrogens with zero attached hydrogens (tertiary/aromatic N) is 3. The van der Waals surface area contributed by atoms with Crippen molar-refractivity contribution in [2.75, 3.05) is 0 Å². The number of H-pyrrole nitrogens is 1. The van der Waals surface area contributed by atoms with Crippen molar-refractivity contribution in [3.63, 3.8) is 0 Å². The Morgan fingerprint density at radius 2 is 1.83 bits per heavy atom. The van der Waals surface area contributed by atoms with E-state index in [0.717, 1.165) is 24.0 Å². The highest BCUT2D eigenvalue weighted by molar-refractivity contribution is 5.73. The SMILES string of the molecule is CC12CC[C@](C)(CC(Oc3ccc(-c4ccc(-c5cn[nH]c5)cc4O)nn3)C1)C2. The molecule has 150 valence electrons. The van der Waals surface area contributed by atoms with Crippen molar-refractivity contribution in [1.82, 2.24) is 20.4 Å². The summed E-state index contributed by atoms with van der Waals surface area (Å²) in [5, 5.41) is 25.8. The van der Waals surface area contributed by atoms with Gasteiger partial charge in [-0.25, -0.2) is 0 Å². The van der Waals surface area contributed by atoms with E-state index in [1.165, 1.54) is 19.3 Å². The van der Waals surface area contributed by atoms with Gasteiger partial charge in [-0.3, -0.25) is 5.10 Å². The van der Waals surface area contributed by atoms with Gasteiger partial charge in [-0.05, 0) is 66.7 Å². The molecular formula is C23H26N4O2. The van der Waals surface area contributed by atoms with Crippen LogP contribution in [0.25, 0.3) is 22.4 Å². The minimum Gasteiger partial charge on any atom is -0.507 e. The molecule has 2 fully saturated rings. The van der Waals surface area contributed by atoms with Crippen molar-refractivity contribution >= 4 is 0 Å². The van der Waals surface area contributed by atoms with Crippen molar-refractivity contribution in [1.29, 1.82) is 0 Å². The van der Waals surface area contributed by atoms with Gasteiger partial charge in [0.1, 0.15) is 11.9 Å². The Morgan fingerprint density at radius 1 is 1.03 bits per heavy atom. The van der Waals surface area contributed by atoms with Crippen LogP contribution in [0, 0.1) is 10.8 Å². The normalized spacial score (nSPS) is 28.4. The van der Waals surface area contributed by atoms with Crippen LogP contribution in [-0.4, -0.2) is 31.6 Å². The van der Waals surface area contributed by atoms with Crippen LogP contribution in [0.4, 0.5) is 0 Å². The number of phenols is 1. The van der Waals surface area contributed by atoms with E-state index in [1.54, 1.807) is 18.5 Å². The first-order valence-corrected chi connectivity index (χ1v) is 10.2. The molecule has 6 nitrogen and oxygen atoms in total. The van der Waals surface area contributed by atoms with Gasteiger partial charge in [-0.1, -0.05) is 19.9 Å². The molecule has 0 saturated heterocycles. The van der Waals surface area contributed by atoms with Gasteiger partial charge in [0.15, 0.2) is 0 Å². The predicted octanol–water partition coefficient (Wildman–Crippen LogP) is 4.98. The number of aromatic hydroxyl groups is 1. The number of benzene rings is 1. The zero-order chi connectivity index (χ0) is 20.1. The molecule has 0 aliphatic heterocycles. The lowest BCUT2D eigenvalue weighted by Crippen LogP contribution is -2.36. The number of hydrogen-bond acceptors (Lipinski definition) is 5. The molecule has 0 radical (unpaired) electrons. The van der Waals surface area contributed by atoms with Crippen LogP contribution in [0.2, 0.25) is 0 Å². The number of aromatic nitrogens is 4. The average Bonchev–Trinajstić information content (AvgIpc) is 3.28. The number of fused-ring (bicyclic) bond motifs is 2. The number of ether oxygens (including phenoxy) is 1. The van der Waals surface area contributed by atoms with Crippen LogP contribution < -0.4 is 4.74 Å². The van der Waals surface area contributed by atoms with Crippen molar-refractivity contribution in [3.8, 4) is 34.0 Å². The van der Waals surface area contributed by atoms with Crippen molar-refractivity contribution in [3.05, 3.63) is 42.7 Å². The van der Waals surface area contributed by atoms with Crippen molar-refractivity contribution in [2.24, 2.45) is 10.8 Å². The molecule has 0 spiro atoms. The summed E-state index contributed by atoms with van der Waals surface area (Å²) in [5.74, 6) is 0.720. The van der Waals surface area contributed by atoms with Gasteiger partial charge in [-0.2, -0.15) is 5.10 Å². The summed E-state index contributed by atoms with van der Waals surface area (Å²) in [6, 6.07) is 9.21. The molecule has 29 heavy (non-hydrogen) atoms. The monoisotopic (exact) mass is 390 g/mol. The van der Waals surface area contributed by atoms with Gasteiger partial charge < -0.3 is 9.84 Å². The standard InChI is InChI=1S/C23H26N4O2/c1-22-7-8-23(2,14-22)11-17(10-22)29-21-6-5-19(26-27-21)18-4-3-15(9-20(18)28)16-12-24-25-13-16/h3-6,9,12-13,17,28H,7-8,10-11,14H2,1-2H3,(H,24,25)/t17?,22-,23?/m1/s1. The quantitative estimate of drug-likeness (QED) is 0.656. The zero-order valence-corrected chi connectivity index (χ0v) is 16.9. The summed E-state index contributed by atoms with van der Waals surface area (Å²) in [6.45, 7) is 4.77. The third kappa shape index (κ3) is 3.48. The summed E-state index contributed by atoms with van der Waals surface area (Å²) >= 11 is 0. The van der Waals surface area contributed by atoms with E-state index in [1.807, 2.05) is 24.3 Å². The van der Waals surface area contributed by atoms with E-state index < -0.39 is 0 Å². The highest BCUT2D eigenvalue weighted by Crippen LogP contribution is 2.58. The smallest absolute Gasteiger partial charge is 0.233 e. The van der Waals surface area contributed by atoms with E-state index in [4.69, 9.17) is 4.74 Å². The van der Waals surface area contributed by atoms with Crippen molar-refractivity contribution < 1.29 is 9.84 Å². The Hall–Kier alpha value is -2.89. The molecule has 3 aromatic rings. The molecule has 2 unspecified atom stereocenters. The molecule has 2 saturated carbocycles. The van der Waals surface area contributed by atoms with Crippen LogP contribution in [0.3, 0.4) is 0 Å². The van der Waals surface area contributed by atoms with Crippen LogP contribution in [0.1, 0.15) is 46.0 Å². The van der Waals surface area contributed by atoms with Gasteiger partial charge in [0, 0.05) is 23.4 Å². The summed E-state index contributed by atoms with van der Waals surface area (Å²) in [6.07, 6.45) is 9.77. The van der Waals surface area contributed by atoms with Gasteiger partial charge in [0.05, 0.1) is 11.9 Å². The van der Waals surface area contributed by atoms with E-state index in [2.05, 4.69) is 34.2 Å².